The van der Waals surface area contributed by atoms with Crippen LogP contribution >= 0.6 is 0 Å². The molecule has 3 unspecified atom stereocenters. The molecule has 2 aliphatic carbocycles. The molecule has 0 saturated heterocycles. The minimum absolute atomic E-state index is 0.0322. The van der Waals surface area contributed by atoms with E-state index in [1.807, 2.05) is 0 Å². The molecule has 3 aromatic carbocycles. The van der Waals surface area contributed by atoms with Crippen LogP contribution < -0.4 is 10.1 Å². The minimum Gasteiger partial charge on any atom is -0.507 e. The average Bonchev–Trinajstić information content (AvgIpc) is 2.93. The smallest absolute Gasteiger partial charge is 0.325 e. The van der Waals surface area contributed by atoms with Gasteiger partial charge in [-0.15, -0.1) is 0 Å². The third kappa shape index (κ3) is 3.78. The number of nitrogens with one attached hydrogen (secondary N) is 1. The number of carbonyl (C=O) groups excluding carboxylic acids is 3. The molecule has 2 aliphatic rings. The highest BCUT2D eigenvalue weighted by atomic mass is 16.5. The summed E-state index contributed by atoms with van der Waals surface area (Å²) in [6.07, 6.45) is -3.04. The molecule has 0 fully saturated rings. The van der Waals surface area contributed by atoms with E-state index in [4.69, 9.17) is 9.47 Å². The van der Waals surface area contributed by atoms with Crippen LogP contribution in [0, 0.1) is 6.92 Å². The second-order valence-corrected chi connectivity index (χ2v) is 9.98. The highest BCUT2D eigenvalue weighted by molar-refractivity contribution is 6.32. The number of benzene rings is 3. The molecule has 0 aromatic heterocycles. The SMILES string of the molecule is COc1cc(O)c2c(c1)C(=O)c1c(O)c3c(c(O)c1C2=O)C(OC)C(O)c1cc(C)c(C(=O)NC(C)C(=O)O)c(O)c1-3. The van der Waals surface area contributed by atoms with Gasteiger partial charge in [-0.2, -0.15) is 0 Å². The number of methoxy groups -OCH3 is 2. The van der Waals surface area contributed by atoms with Crippen LogP contribution in [0.5, 0.6) is 28.7 Å². The summed E-state index contributed by atoms with van der Waals surface area (Å²) in [5, 5.41) is 67.7. The van der Waals surface area contributed by atoms with Crippen molar-refractivity contribution >= 4 is 23.4 Å². The molecule has 7 N–H and O–H groups in total. The van der Waals surface area contributed by atoms with Gasteiger partial charge in [0.25, 0.3) is 5.91 Å². The Hall–Kier alpha value is -5.14. The van der Waals surface area contributed by atoms with Gasteiger partial charge >= 0.3 is 5.97 Å². The van der Waals surface area contributed by atoms with Gasteiger partial charge in [0, 0.05) is 35.4 Å². The first-order valence-electron chi connectivity index (χ1n) is 12.5. The van der Waals surface area contributed by atoms with Crippen molar-refractivity contribution in [3.05, 3.63) is 62.7 Å². The molecule has 0 heterocycles. The highest BCUT2D eigenvalue weighted by Gasteiger charge is 2.46. The number of rotatable bonds is 5. The number of phenols is 4. The Kier molecular flexibility index (Phi) is 6.59. The zero-order chi connectivity index (χ0) is 30.9. The zero-order valence-corrected chi connectivity index (χ0v) is 22.6. The van der Waals surface area contributed by atoms with Crippen LogP contribution in [-0.4, -0.2) is 74.3 Å². The number of hydrogen-bond donors (Lipinski definition) is 7. The molecule has 0 saturated carbocycles. The summed E-state index contributed by atoms with van der Waals surface area (Å²) >= 11 is 0. The van der Waals surface area contributed by atoms with E-state index >= 15 is 0 Å². The summed E-state index contributed by atoms with van der Waals surface area (Å²) in [5.74, 6) is -7.42. The Morgan fingerprint density at radius 3 is 2.12 bits per heavy atom. The summed E-state index contributed by atoms with van der Waals surface area (Å²) in [5.41, 5.74) is -3.51. The van der Waals surface area contributed by atoms with Crippen LogP contribution in [0.4, 0.5) is 0 Å². The summed E-state index contributed by atoms with van der Waals surface area (Å²) in [6.45, 7) is 2.63. The van der Waals surface area contributed by atoms with Gasteiger partial charge in [0.2, 0.25) is 5.78 Å². The summed E-state index contributed by atoms with van der Waals surface area (Å²) in [7, 11) is 2.45. The van der Waals surface area contributed by atoms with E-state index in [1.165, 1.54) is 40.2 Å². The number of carbonyl (C=O) groups is 4. The molecule has 5 rings (SSSR count). The molecule has 3 aromatic rings. The maximum absolute atomic E-state index is 13.7. The summed E-state index contributed by atoms with van der Waals surface area (Å²) in [6, 6.07) is 2.25. The molecule has 218 valence electrons. The topological polar surface area (TPSA) is 220 Å². The van der Waals surface area contributed by atoms with Crippen molar-refractivity contribution in [3.63, 3.8) is 0 Å². The van der Waals surface area contributed by atoms with Gasteiger partial charge in [-0.3, -0.25) is 19.2 Å². The number of aliphatic hydroxyl groups is 1. The molecule has 42 heavy (non-hydrogen) atoms. The van der Waals surface area contributed by atoms with Gasteiger partial charge in [-0.25, -0.2) is 0 Å². The van der Waals surface area contributed by atoms with Crippen LogP contribution in [0.2, 0.25) is 0 Å². The fourth-order valence-corrected chi connectivity index (χ4v) is 5.62. The monoisotopic (exact) mass is 579 g/mol. The summed E-state index contributed by atoms with van der Waals surface area (Å²) < 4.78 is 10.5. The van der Waals surface area contributed by atoms with E-state index in [2.05, 4.69) is 5.32 Å². The Morgan fingerprint density at radius 2 is 1.52 bits per heavy atom. The number of hydrogen-bond acceptors (Lipinski definition) is 11. The van der Waals surface area contributed by atoms with Crippen molar-refractivity contribution in [1.82, 2.24) is 5.32 Å². The molecule has 0 aliphatic heterocycles. The summed E-state index contributed by atoms with van der Waals surface area (Å²) in [4.78, 5) is 51.6. The Bertz CT molecular complexity index is 1760. The van der Waals surface area contributed by atoms with Crippen LogP contribution in [-0.2, 0) is 9.53 Å². The van der Waals surface area contributed by atoms with E-state index in [1.54, 1.807) is 0 Å². The van der Waals surface area contributed by atoms with Crippen molar-refractivity contribution in [2.45, 2.75) is 32.1 Å². The van der Waals surface area contributed by atoms with Gasteiger partial charge in [0.1, 0.15) is 47.0 Å². The van der Waals surface area contributed by atoms with E-state index in [-0.39, 0.29) is 33.6 Å². The Morgan fingerprint density at radius 1 is 0.881 bits per heavy atom. The Balaban J connectivity index is 1.86. The molecular weight excluding hydrogens is 554 g/mol. The van der Waals surface area contributed by atoms with E-state index in [9.17, 15) is 49.8 Å². The van der Waals surface area contributed by atoms with E-state index in [0.717, 1.165) is 6.07 Å². The lowest BCUT2D eigenvalue weighted by Crippen LogP contribution is -2.38. The molecule has 0 bridgehead atoms. The van der Waals surface area contributed by atoms with Crippen molar-refractivity contribution in [1.29, 1.82) is 0 Å². The van der Waals surface area contributed by atoms with Crippen LogP contribution in [0.15, 0.2) is 18.2 Å². The molecule has 0 radical (unpaired) electrons. The van der Waals surface area contributed by atoms with Crippen LogP contribution in [0.25, 0.3) is 11.1 Å². The van der Waals surface area contributed by atoms with Crippen molar-refractivity contribution in [2.24, 2.45) is 0 Å². The Labute approximate surface area is 237 Å². The molecular formula is C29H25NO12. The second-order valence-electron chi connectivity index (χ2n) is 9.98. The quantitative estimate of drug-likeness (QED) is 0.169. The first-order valence-corrected chi connectivity index (χ1v) is 12.5. The first-order chi connectivity index (χ1) is 19.8. The average molecular weight is 580 g/mol. The normalized spacial score (nSPS) is 17.5. The van der Waals surface area contributed by atoms with Gasteiger partial charge in [0.05, 0.1) is 29.4 Å². The highest BCUT2D eigenvalue weighted by Crippen LogP contribution is 2.59. The number of aromatic hydroxyl groups is 4. The van der Waals surface area contributed by atoms with E-state index in [0.29, 0.717) is 0 Å². The number of ketones is 2. The maximum Gasteiger partial charge on any atom is 0.325 e. The number of carboxylic acid groups (broad SMARTS) is 1. The zero-order valence-electron chi connectivity index (χ0n) is 22.6. The molecule has 1 amide bonds. The largest absolute Gasteiger partial charge is 0.507 e. The third-order valence-electron chi connectivity index (χ3n) is 7.61. The van der Waals surface area contributed by atoms with Gasteiger partial charge < -0.3 is 45.4 Å². The minimum atomic E-state index is -1.61. The van der Waals surface area contributed by atoms with Gasteiger partial charge in [-0.05, 0) is 31.0 Å². The number of fused-ring (bicyclic) bond motifs is 5. The van der Waals surface area contributed by atoms with Crippen LogP contribution in [0.1, 0.15) is 78.0 Å². The lowest BCUT2D eigenvalue weighted by atomic mass is 9.73. The molecule has 0 spiro atoms. The van der Waals surface area contributed by atoms with Crippen molar-refractivity contribution < 1.29 is 59.3 Å². The number of phenolic OH excluding ortho intramolecular Hbond substituents is 4. The standard InChI is InChI=1S/C29H25NO12/c1-8-5-11-16(23(34)14(8)28(38)30-9(2)29(39)40)17-20(27(42-4)22(11)33)26(37)19-18(25(17)36)21(32)12-6-10(41-3)7-13(31)15(12)24(19)35/h5-7,9,22,27,31,33-34,36-37H,1-4H3,(H,30,38)(H,39,40). The molecule has 13 nitrogen and oxygen atoms in total. The van der Waals surface area contributed by atoms with Crippen LogP contribution in [0.3, 0.4) is 0 Å². The number of carboxylic acids is 1. The number of amides is 1. The lowest BCUT2D eigenvalue weighted by Gasteiger charge is -2.35. The second kappa shape index (κ2) is 9.75. The van der Waals surface area contributed by atoms with Gasteiger partial charge in [0.15, 0.2) is 5.78 Å². The number of aliphatic carboxylic acids is 1. The number of aliphatic hydroxyl groups excluding tert-OH is 1. The fraction of sp³-hybridized carbons (Fsp3) is 0.241. The maximum atomic E-state index is 13.7. The van der Waals surface area contributed by atoms with Crippen molar-refractivity contribution in [3.8, 4) is 39.9 Å². The first kappa shape index (κ1) is 28.4. The molecule has 3 atom stereocenters. The number of aryl methyl sites for hydroxylation is 1. The predicted molar refractivity (Wildman–Crippen MR) is 142 cm³/mol. The predicted octanol–water partition coefficient (Wildman–Crippen LogP) is 2.21. The molecule has 13 heteroatoms. The third-order valence-corrected chi connectivity index (χ3v) is 7.61. The lowest BCUT2D eigenvalue weighted by molar-refractivity contribution is -0.138. The number of ether oxygens (including phenoxy) is 2. The fourth-order valence-electron chi connectivity index (χ4n) is 5.62. The van der Waals surface area contributed by atoms with Gasteiger partial charge in [-0.1, -0.05) is 6.07 Å². The van der Waals surface area contributed by atoms with E-state index < -0.39 is 92.5 Å². The van der Waals surface area contributed by atoms with Crippen molar-refractivity contribution in [2.75, 3.05) is 14.2 Å².